The lowest BCUT2D eigenvalue weighted by atomic mass is 9.83. The first-order valence-electron chi connectivity index (χ1n) is 7.15. The van der Waals surface area contributed by atoms with E-state index in [9.17, 15) is 9.59 Å². The number of amides is 1. The number of carbonyl (C=O) groups is 2. The molecule has 4 nitrogen and oxygen atoms in total. The number of benzene rings is 1. The third-order valence-electron chi connectivity index (χ3n) is 4.30. The van der Waals surface area contributed by atoms with Crippen molar-refractivity contribution in [2.24, 2.45) is 5.92 Å². The molecule has 1 aromatic carbocycles. The van der Waals surface area contributed by atoms with Gasteiger partial charge in [0.25, 0.3) is 0 Å². The fourth-order valence-electron chi connectivity index (χ4n) is 3.17. The second kappa shape index (κ2) is 4.62. The third kappa shape index (κ3) is 1.90. The molecule has 3 rings (SSSR count). The van der Waals surface area contributed by atoms with Gasteiger partial charge in [-0.1, -0.05) is 32.0 Å². The molecule has 0 saturated carbocycles. The Morgan fingerprint density at radius 3 is 2.55 bits per heavy atom. The van der Waals surface area contributed by atoms with E-state index in [1.807, 2.05) is 43.0 Å². The average Bonchev–Trinajstić information content (AvgIpc) is 2.72. The van der Waals surface area contributed by atoms with Crippen LogP contribution in [0.3, 0.4) is 0 Å². The van der Waals surface area contributed by atoms with Crippen LogP contribution in [0.2, 0.25) is 0 Å². The highest BCUT2D eigenvalue weighted by Crippen LogP contribution is 2.44. The first-order valence-corrected chi connectivity index (χ1v) is 7.15. The Hall–Kier alpha value is -1.84. The van der Waals surface area contributed by atoms with Gasteiger partial charge in [-0.05, 0) is 6.07 Å². The average molecular weight is 273 g/mol. The molecule has 2 aliphatic heterocycles. The number of hydrogen-bond donors (Lipinski definition) is 0. The Morgan fingerprint density at radius 2 is 1.90 bits per heavy atom. The summed E-state index contributed by atoms with van der Waals surface area (Å²) in [5, 5.41) is 0. The number of likely N-dealkylation sites (tertiary alicyclic amines) is 1. The fourth-order valence-corrected chi connectivity index (χ4v) is 3.17. The highest BCUT2D eigenvalue weighted by molar-refractivity contribution is 5.94. The molecular weight excluding hydrogens is 254 g/mol. The Labute approximate surface area is 118 Å². The zero-order chi connectivity index (χ0) is 14.3. The van der Waals surface area contributed by atoms with E-state index in [1.165, 1.54) is 0 Å². The fraction of sp³-hybridized carbons (Fsp3) is 0.500. The SMILES string of the molecule is CC(C)C(=O)N1CCC2(CC1)OC(=O)c1ccccc12. The van der Waals surface area contributed by atoms with Crippen molar-refractivity contribution in [1.29, 1.82) is 0 Å². The summed E-state index contributed by atoms with van der Waals surface area (Å²) in [5.41, 5.74) is 1.15. The van der Waals surface area contributed by atoms with Gasteiger partial charge < -0.3 is 9.64 Å². The second-order valence-corrected chi connectivity index (χ2v) is 5.91. The van der Waals surface area contributed by atoms with Gasteiger partial charge in [0.2, 0.25) is 5.91 Å². The van der Waals surface area contributed by atoms with Crippen molar-refractivity contribution in [1.82, 2.24) is 4.90 Å². The van der Waals surface area contributed by atoms with Crippen molar-refractivity contribution >= 4 is 11.9 Å². The Morgan fingerprint density at radius 1 is 1.25 bits per heavy atom. The Balaban J connectivity index is 1.82. The Kier molecular flexibility index (Phi) is 3.04. The van der Waals surface area contributed by atoms with Crippen LogP contribution in [0.15, 0.2) is 24.3 Å². The van der Waals surface area contributed by atoms with E-state index >= 15 is 0 Å². The van der Waals surface area contributed by atoms with Gasteiger partial charge in [0, 0.05) is 37.4 Å². The quantitative estimate of drug-likeness (QED) is 0.738. The molecule has 0 unspecified atom stereocenters. The molecule has 1 saturated heterocycles. The minimum atomic E-state index is -0.512. The number of piperidine rings is 1. The maximum atomic E-state index is 12.0. The second-order valence-electron chi connectivity index (χ2n) is 5.91. The summed E-state index contributed by atoms with van der Waals surface area (Å²) in [6, 6.07) is 7.59. The minimum absolute atomic E-state index is 0.0162. The van der Waals surface area contributed by atoms with Gasteiger partial charge in [-0.15, -0.1) is 0 Å². The molecule has 1 aromatic rings. The van der Waals surface area contributed by atoms with Gasteiger partial charge in [0.05, 0.1) is 5.56 Å². The zero-order valence-electron chi connectivity index (χ0n) is 11.9. The number of carbonyl (C=O) groups excluding carboxylic acids is 2. The van der Waals surface area contributed by atoms with Crippen LogP contribution in [0.25, 0.3) is 0 Å². The molecule has 0 aromatic heterocycles. The van der Waals surface area contributed by atoms with E-state index < -0.39 is 5.60 Å². The highest BCUT2D eigenvalue weighted by atomic mass is 16.6. The van der Waals surface area contributed by atoms with E-state index in [-0.39, 0.29) is 17.8 Å². The summed E-state index contributed by atoms with van der Waals surface area (Å²) in [4.78, 5) is 25.9. The van der Waals surface area contributed by atoms with Crippen LogP contribution in [0.5, 0.6) is 0 Å². The van der Waals surface area contributed by atoms with Gasteiger partial charge in [0.1, 0.15) is 5.60 Å². The van der Waals surface area contributed by atoms with Gasteiger partial charge in [-0.3, -0.25) is 4.79 Å². The number of fused-ring (bicyclic) bond motifs is 2. The lowest BCUT2D eigenvalue weighted by molar-refractivity contribution is -0.138. The van der Waals surface area contributed by atoms with Crippen molar-refractivity contribution in [3.05, 3.63) is 35.4 Å². The van der Waals surface area contributed by atoms with E-state index in [0.29, 0.717) is 31.5 Å². The monoisotopic (exact) mass is 273 g/mol. The third-order valence-corrected chi connectivity index (χ3v) is 4.30. The van der Waals surface area contributed by atoms with Gasteiger partial charge in [-0.25, -0.2) is 4.79 Å². The van der Waals surface area contributed by atoms with E-state index in [4.69, 9.17) is 4.74 Å². The number of hydrogen-bond acceptors (Lipinski definition) is 3. The smallest absolute Gasteiger partial charge is 0.339 e. The molecule has 0 aliphatic carbocycles. The predicted octanol–water partition coefficient (Wildman–Crippen LogP) is 2.33. The summed E-state index contributed by atoms with van der Waals surface area (Å²) < 4.78 is 5.67. The molecule has 2 heterocycles. The van der Waals surface area contributed by atoms with Crippen molar-refractivity contribution < 1.29 is 14.3 Å². The van der Waals surface area contributed by atoms with Gasteiger partial charge in [-0.2, -0.15) is 0 Å². The minimum Gasteiger partial charge on any atom is -0.450 e. The summed E-state index contributed by atoms with van der Waals surface area (Å²) in [6.07, 6.45) is 1.38. The van der Waals surface area contributed by atoms with E-state index in [1.54, 1.807) is 0 Å². The van der Waals surface area contributed by atoms with Crippen LogP contribution in [0.1, 0.15) is 42.6 Å². The van der Waals surface area contributed by atoms with Crippen molar-refractivity contribution in [2.45, 2.75) is 32.3 Å². The Bertz CT molecular complexity index is 557. The number of esters is 1. The summed E-state index contributed by atoms with van der Waals surface area (Å²) in [5.74, 6) is -0.0378. The molecule has 0 atom stereocenters. The first kappa shape index (κ1) is 13.2. The molecule has 0 radical (unpaired) electrons. The van der Waals surface area contributed by atoms with Crippen LogP contribution < -0.4 is 0 Å². The maximum absolute atomic E-state index is 12.0. The van der Waals surface area contributed by atoms with Crippen LogP contribution in [-0.4, -0.2) is 29.9 Å². The zero-order valence-corrected chi connectivity index (χ0v) is 11.9. The van der Waals surface area contributed by atoms with Crippen LogP contribution >= 0.6 is 0 Å². The lowest BCUT2D eigenvalue weighted by Gasteiger charge is -2.39. The molecule has 20 heavy (non-hydrogen) atoms. The molecule has 1 spiro atoms. The van der Waals surface area contributed by atoms with Crippen molar-refractivity contribution in [2.75, 3.05) is 13.1 Å². The molecule has 1 amide bonds. The van der Waals surface area contributed by atoms with Gasteiger partial charge in [0.15, 0.2) is 0 Å². The van der Waals surface area contributed by atoms with Crippen molar-refractivity contribution in [3.63, 3.8) is 0 Å². The van der Waals surface area contributed by atoms with Gasteiger partial charge >= 0.3 is 5.97 Å². The molecule has 4 heteroatoms. The maximum Gasteiger partial charge on any atom is 0.339 e. The summed E-state index contributed by atoms with van der Waals surface area (Å²) in [6.45, 7) is 5.13. The molecule has 0 bridgehead atoms. The van der Waals surface area contributed by atoms with Crippen LogP contribution in [-0.2, 0) is 15.1 Å². The van der Waals surface area contributed by atoms with Crippen molar-refractivity contribution in [3.8, 4) is 0 Å². The normalized spacial score (nSPS) is 20.1. The summed E-state index contributed by atoms with van der Waals surface area (Å²) in [7, 11) is 0. The molecule has 2 aliphatic rings. The first-order chi connectivity index (χ1) is 9.53. The van der Waals surface area contributed by atoms with E-state index in [0.717, 1.165) is 5.56 Å². The molecule has 0 N–H and O–H groups in total. The standard InChI is InChI=1S/C16H19NO3/c1-11(2)14(18)17-9-7-16(8-10-17)13-6-4-3-5-12(13)15(19)20-16/h3-6,11H,7-10H2,1-2H3. The molecular formula is C16H19NO3. The summed E-state index contributed by atoms with van der Waals surface area (Å²) >= 11 is 0. The highest BCUT2D eigenvalue weighted by Gasteiger charge is 2.47. The molecule has 1 fully saturated rings. The number of rotatable bonds is 1. The van der Waals surface area contributed by atoms with Crippen LogP contribution in [0, 0.1) is 5.92 Å². The topological polar surface area (TPSA) is 46.6 Å². The van der Waals surface area contributed by atoms with E-state index in [2.05, 4.69) is 0 Å². The lowest BCUT2D eigenvalue weighted by Crippen LogP contribution is -2.46. The predicted molar refractivity (Wildman–Crippen MR) is 74.2 cm³/mol. The number of nitrogens with zero attached hydrogens (tertiary/aromatic N) is 1. The largest absolute Gasteiger partial charge is 0.450 e. The molecule has 106 valence electrons. The van der Waals surface area contributed by atoms with Crippen LogP contribution in [0.4, 0.5) is 0 Å². The number of ether oxygens (including phenoxy) is 1.